The molecule has 1 nitrogen and oxygen atoms in total. The van der Waals surface area contributed by atoms with E-state index in [9.17, 15) is 13.6 Å². The molecule has 0 N–H and O–H groups in total. The second kappa shape index (κ2) is 3.93. The van der Waals surface area contributed by atoms with Crippen molar-refractivity contribution in [2.45, 2.75) is 6.42 Å². The molecular weight excluding hydrogens is 277 g/mol. The average Bonchev–Trinajstić information content (AvgIpc) is 2.07. The third-order valence-electron chi connectivity index (χ3n) is 1.42. The molecule has 0 aliphatic heterocycles. The van der Waals surface area contributed by atoms with Crippen LogP contribution in [0.4, 0.5) is 8.78 Å². The van der Waals surface area contributed by atoms with E-state index in [0.29, 0.717) is 6.29 Å². The van der Waals surface area contributed by atoms with E-state index in [1.165, 1.54) is 12.1 Å². The van der Waals surface area contributed by atoms with E-state index in [0.717, 1.165) is 0 Å². The SMILES string of the molecule is O=CCc1ccc(I)c(F)c1F. The monoisotopic (exact) mass is 282 g/mol. The summed E-state index contributed by atoms with van der Waals surface area (Å²) in [6, 6.07) is 2.85. The van der Waals surface area contributed by atoms with Crippen LogP contribution in [0.1, 0.15) is 5.56 Å². The number of hydrogen-bond donors (Lipinski definition) is 0. The van der Waals surface area contributed by atoms with Crippen molar-refractivity contribution in [2.75, 3.05) is 0 Å². The van der Waals surface area contributed by atoms with E-state index in [4.69, 9.17) is 0 Å². The lowest BCUT2D eigenvalue weighted by atomic mass is 10.1. The number of benzene rings is 1. The number of carbonyl (C=O) groups is 1. The molecule has 0 aromatic heterocycles. The summed E-state index contributed by atoms with van der Waals surface area (Å²) in [5, 5.41) is 0. The van der Waals surface area contributed by atoms with Crippen LogP contribution in [0.2, 0.25) is 0 Å². The molecule has 0 aliphatic carbocycles. The topological polar surface area (TPSA) is 17.1 Å². The van der Waals surface area contributed by atoms with Crippen LogP contribution in [0, 0.1) is 15.2 Å². The van der Waals surface area contributed by atoms with Gasteiger partial charge >= 0.3 is 0 Å². The highest BCUT2D eigenvalue weighted by Crippen LogP contribution is 2.17. The maximum absolute atomic E-state index is 12.9. The Morgan fingerprint density at radius 2 is 2.00 bits per heavy atom. The van der Waals surface area contributed by atoms with Crippen LogP contribution in [0.3, 0.4) is 0 Å². The molecule has 12 heavy (non-hydrogen) atoms. The number of aldehydes is 1. The van der Waals surface area contributed by atoms with E-state index >= 15 is 0 Å². The molecule has 1 aromatic carbocycles. The summed E-state index contributed by atoms with van der Waals surface area (Å²) in [5.41, 5.74) is 0.0999. The van der Waals surface area contributed by atoms with Gasteiger partial charge in [0.2, 0.25) is 0 Å². The highest BCUT2D eigenvalue weighted by Gasteiger charge is 2.10. The van der Waals surface area contributed by atoms with Gasteiger partial charge in [-0.1, -0.05) is 6.07 Å². The van der Waals surface area contributed by atoms with Gasteiger partial charge in [-0.05, 0) is 34.2 Å². The van der Waals surface area contributed by atoms with Gasteiger partial charge in [-0.25, -0.2) is 8.78 Å². The molecule has 0 unspecified atom stereocenters. The molecule has 0 fully saturated rings. The first kappa shape index (κ1) is 9.57. The Bertz CT molecular complexity index is 312. The minimum absolute atomic E-state index is 0.0837. The lowest BCUT2D eigenvalue weighted by Crippen LogP contribution is -1.97. The Morgan fingerprint density at radius 3 is 2.58 bits per heavy atom. The third kappa shape index (κ3) is 1.80. The molecule has 0 spiro atoms. The van der Waals surface area contributed by atoms with E-state index < -0.39 is 11.6 Å². The van der Waals surface area contributed by atoms with Crippen molar-refractivity contribution in [1.82, 2.24) is 0 Å². The number of hydrogen-bond acceptors (Lipinski definition) is 1. The summed E-state index contributed by atoms with van der Waals surface area (Å²) < 4.78 is 25.9. The predicted molar refractivity (Wildman–Crippen MR) is 48.8 cm³/mol. The minimum Gasteiger partial charge on any atom is -0.303 e. The smallest absolute Gasteiger partial charge is 0.172 e. The van der Waals surface area contributed by atoms with Crippen molar-refractivity contribution in [2.24, 2.45) is 0 Å². The van der Waals surface area contributed by atoms with Crippen molar-refractivity contribution in [3.63, 3.8) is 0 Å². The molecular formula is C8H5F2IO. The van der Waals surface area contributed by atoms with Gasteiger partial charge in [0, 0.05) is 6.42 Å². The Balaban J connectivity index is 3.16. The van der Waals surface area contributed by atoms with E-state index in [1.54, 1.807) is 22.6 Å². The first-order chi connectivity index (χ1) is 5.66. The highest BCUT2D eigenvalue weighted by atomic mass is 127. The molecule has 1 aromatic rings. The zero-order valence-electron chi connectivity index (χ0n) is 5.98. The van der Waals surface area contributed by atoms with Gasteiger partial charge in [-0.15, -0.1) is 0 Å². The molecule has 0 atom stereocenters. The van der Waals surface area contributed by atoms with E-state index in [-0.39, 0.29) is 15.6 Å². The third-order valence-corrected chi connectivity index (χ3v) is 2.25. The fourth-order valence-electron chi connectivity index (χ4n) is 0.813. The second-order valence-corrected chi connectivity index (χ2v) is 3.37. The van der Waals surface area contributed by atoms with E-state index in [2.05, 4.69) is 0 Å². The fourth-order valence-corrected chi connectivity index (χ4v) is 1.23. The maximum Gasteiger partial charge on any atom is 0.172 e. The molecule has 0 aliphatic rings. The summed E-state index contributed by atoms with van der Waals surface area (Å²) in [6.45, 7) is 0. The highest BCUT2D eigenvalue weighted by molar-refractivity contribution is 14.1. The summed E-state index contributed by atoms with van der Waals surface area (Å²) in [7, 11) is 0. The molecule has 0 heterocycles. The zero-order valence-corrected chi connectivity index (χ0v) is 8.14. The van der Waals surface area contributed by atoms with Gasteiger partial charge in [-0.2, -0.15) is 0 Å². The van der Waals surface area contributed by atoms with Crippen LogP contribution in [-0.2, 0) is 11.2 Å². The lowest BCUT2D eigenvalue weighted by molar-refractivity contribution is -0.107. The van der Waals surface area contributed by atoms with Crippen molar-refractivity contribution in [1.29, 1.82) is 0 Å². The summed E-state index contributed by atoms with van der Waals surface area (Å²) in [6.07, 6.45) is 0.463. The van der Waals surface area contributed by atoms with Gasteiger partial charge in [-0.3, -0.25) is 0 Å². The summed E-state index contributed by atoms with van der Waals surface area (Å²) in [5.74, 6) is -1.80. The Labute approximate surface area is 81.9 Å². The normalized spacial score (nSPS) is 9.92. The van der Waals surface area contributed by atoms with Crippen molar-refractivity contribution in [3.8, 4) is 0 Å². The maximum atomic E-state index is 12.9. The van der Waals surface area contributed by atoms with Gasteiger partial charge in [0.15, 0.2) is 11.6 Å². The Hall–Kier alpha value is -0.520. The van der Waals surface area contributed by atoms with Gasteiger partial charge < -0.3 is 4.79 Å². The van der Waals surface area contributed by atoms with Crippen molar-refractivity contribution in [3.05, 3.63) is 32.9 Å². The first-order valence-corrected chi connectivity index (χ1v) is 4.30. The quantitative estimate of drug-likeness (QED) is 0.462. The number of rotatable bonds is 2. The van der Waals surface area contributed by atoms with Crippen LogP contribution in [0.15, 0.2) is 12.1 Å². The standard InChI is InChI=1S/C8H5F2IO/c9-7-5(3-4-12)1-2-6(11)8(7)10/h1-2,4H,3H2. The second-order valence-electron chi connectivity index (χ2n) is 2.21. The van der Waals surface area contributed by atoms with E-state index in [1.807, 2.05) is 0 Å². The van der Waals surface area contributed by atoms with Crippen LogP contribution >= 0.6 is 22.6 Å². The van der Waals surface area contributed by atoms with Gasteiger partial charge in [0.25, 0.3) is 0 Å². The fraction of sp³-hybridized carbons (Fsp3) is 0.125. The Morgan fingerprint density at radius 1 is 1.33 bits per heavy atom. The predicted octanol–water partition coefficient (Wildman–Crippen LogP) is 2.31. The largest absolute Gasteiger partial charge is 0.303 e. The molecule has 64 valence electrons. The van der Waals surface area contributed by atoms with Crippen molar-refractivity contribution < 1.29 is 13.6 Å². The van der Waals surface area contributed by atoms with Crippen LogP contribution < -0.4 is 0 Å². The molecule has 1 rings (SSSR count). The first-order valence-electron chi connectivity index (χ1n) is 3.23. The van der Waals surface area contributed by atoms with Crippen molar-refractivity contribution >= 4 is 28.9 Å². The van der Waals surface area contributed by atoms with Gasteiger partial charge in [0.05, 0.1) is 3.57 Å². The molecule has 0 amide bonds. The lowest BCUT2D eigenvalue weighted by Gasteiger charge is -2.00. The van der Waals surface area contributed by atoms with Gasteiger partial charge in [0.1, 0.15) is 6.29 Å². The molecule has 4 heteroatoms. The molecule has 0 saturated carbocycles. The van der Waals surface area contributed by atoms with Crippen LogP contribution in [0.5, 0.6) is 0 Å². The molecule has 0 bridgehead atoms. The molecule has 0 saturated heterocycles. The number of halogens is 3. The average molecular weight is 282 g/mol. The van der Waals surface area contributed by atoms with Crippen LogP contribution in [-0.4, -0.2) is 6.29 Å². The minimum atomic E-state index is -0.922. The summed E-state index contributed by atoms with van der Waals surface area (Å²) in [4.78, 5) is 10.0. The van der Waals surface area contributed by atoms with Crippen LogP contribution in [0.25, 0.3) is 0 Å². The summed E-state index contributed by atoms with van der Waals surface area (Å²) >= 11 is 1.69. The zero-order chi connectivity index (χ0) is 9.14. The Kier molecular flexibility index (Phi) is 3.13. The molecule has 0 radical (unpaired) electrons. The number of carbonyl (C=O) groups excluding carboxylic acids is 1.